The van der Waals surface area contributed by atoms with Gasteiger partial charge in [0, 0.05) is 44.2 Å². The van der Waals surface area contributed by atoms with Gasteiger partial charge >= 0.3 is 0 Å². The normalized spacial score (nSPS) is 21.9. The van der Waals surface area contributed by atoms with Gasteiger partial charge in [-0.1, -0.05) is 17.7 Å². The molecule has 0 unspecified atom stereocenters. The van der Waals surface area contributed by atoms with Crippen molar-refractivity contribution in [1.82, 2.24) is 44.9 Å². The molecule has 0 spiro atoms. The Hall–Kier alpha value is -3.89. The lowest BCUT2D eigenvalue weighted by Gasteiger charge is -2.42. The van der Waals surface area contributed by atoms with E-state index in [2.05, 4.69) is 49.6 Å². The second-order valence-corrected chi connectivity index (χ2v) is 13.4. The fraction of sp³-hybridized carbons (Fsp3) is 0.588. The molecular formula is C34H47ClN10O5. The molecule has 3 atom stereocenters. The molecule has 4 heterocycles. The number of aromatic nitrogens is 8. The van der Waals surface area contributed by atoms with Crippen LogP contribution in [0.3, 0.4) is 0 Å². The Kier molecular flexibility index (Phi) is 12.5. The highest BCUT2D eigenvalue weighted by Crippen LogP contribution is 2.36. The van der Waals surface area contributed by atoms with E-state index in [1.54, 1.807) is 36.6 Å². The third-order valence-electron chi connectivity index (χ3n) is 8.93. The van der Waals surface area contributed by atoms with E-state index in [0.29, 0.717) is 67.3 Å². The van der Waals surface area contributed by atoms with E-state index in [0.717, 1.165) is 49.9 Å². The second kappa shape index (κ2) is 17.4. The quantitative estimate of drug-likeness (QED) is 0.159. The van der Waals surface area contributed by atoms with Crippen LogP contribution in [0.2, 0.25) is 5.02 Å². The van der Waals surface area contributed by atoms with Gasteiger partial charge in [0.15, 0.2) is 0 Å². The Morgan fingerprint density at radius 1 is 0.980 bits per heavy atom. The molecule has 0 amide bonds. The monoisotopic (exact) mass is 710 g/mol. The van der Waals surface area contributed by atoms with E-state index in [4.69, 9.17) is 40.4 Å². The Morgan fingerprint density at radius 2 is 1.72 bits per heavy atom. The zero-order valence-corrected chi connectivity index (χ0v) is 29.9. The SMILES string of the molecule is COCCOCCOc1nn([C@H]2CC[C@H](N3C[C@@H](C)O[C@@H](C)C3)CC2)cc1Nc1ncc(-c2ccc(Cl)c(O[C@@H](C)Cn3cnnn3)c2)cn1. The molecule has 6 rings (SSSR count). The summed E-state index contributed by atoms with van der Waals surface area (Å²) >= 11 is 6.47. The number of anilines is 2. The highest BCUT2D eigenvalue weighted by molar-refractivity contribution is 6.32. The van der Waals surface area contributed by atoms with Gasteiger partial charge in [0.05, 0.1) is 55.8 Å². The molecule has 1 saturated carbocycles. The number of nitrogens with zero attached hydrogens (tertiary/aromatic N) is 9. The molecular weight excluding hydrogens is 664 g/mol. The van der Waals surface area contributed by atoms with Crippen molar-refractivity contribution in [2.75, 3.05) is 51.9 Å². The van der Waals surface area contributed by atoms with Crippen LogP contribution in [0, 0.1) is 0 Å². The van der Waals surface area contributed by atoms with Gasteiger partial charge in [-0.3, -0.25) is 9.58 Å². The van der Waals surface area contributed by atoms with Gasteiger partial charge in [0.1, 0.15) is 30.5 Å². The highest BCUT2D eigenvalue weighted by Gasteiger charge is 2.32. The van der Waals surface area contributed by atoms with Crippen molar-refractivity contribution < 1.29 is 23.7 Å². The molecule has 1 aliphatic carbocycles. The van der Waals surface area contributed by atoms with Crippen LogP contribution >= 0.6 is 11.6 Å². The molecule has 0 bridgehead atoms. The van der Waals surface area contributed by atoms with E-state index >= 15 is 0 Å². The van der Waals surface area contributed by atoms with Crippen molar-refractivity contribution in [2.24, 2.45) is 0 Å². The number of nitrogens with one attached hydrogen (secondary N) is 1. The maximum absolute atomic E-state index is 6.47. The maximum atomic E-state index is 6.47. The number of hydrogen-bond acceptors (Lipinski definition) is 13. The van der Waals surface area contributed by atoms with Crippen molar-refractivity contribution >= 4 is 23.2 Å². The van der Waals surface area contributed by atoms with Crippen LogP contribution in [0.15, 0.2) is 43.1 Å². The van der Waals surface area contributed by atoms with Gasteiger partial charge in [0.2, 0.25) is 5.95 Å². The van der Waals surface area contributed by atoms with Gasteiger partial charge in [-0.15, -0.1) is 10.2 Å². The van der Waals surface area contributed by atoms with E-state index in [1.165, 1.54) is 0 Å². The molecule has 3 aromatic heterocycles. The molecule has 0 radical (unpaired) electrons. The van der Waals surface area contributed by atoms with Crippen LogP contribution < -0.4 is 14.8 Å². The summed E-state index contributed by atoms with van der Waals surface area (Å²) < 4.78 is 32.5. The molecule has 15 nitrogen and oxygen atoms in total. The standard InChI is InChI=1S/C34H47ClN10O5/c1-23-18-43(19-24(2)49-23)28-6-8-29(9-7-28)45-21-31(33(40-45)48-14-13-47-12-11-46-4)39-34-36-16-27(17-37-34)26-5-10-30(35)32(15-26)50-25(3)20-44-22-38-41-42-44/h5,10,15-17,21-25,28-29H,6-9,11-14,18-20H2,1-4H3,(H,36,37,39)/t23-,24+,25-,28-,29-/m0/s1. The topological polar surface area (TPSA) is 149 Å². The number of rotatable bonds is 16. The summed E-state index contributed by atoms with van der Waals surface area (Å²) in [5.41, 5.74) is 2.38. The lowest BCUT2D eigenvalue weighted by Crippen LogP contribution is -2.51. The molecule has 2 aliphatic rings. The van der Waals surface area contributed by atoms with E-state index in [9.17, 15) is 0 Å². The Labute approximate surface area is 297 Å². The van der Waals surface area contributed by atoms with E-state index in [-0.39, 0.29) is 24.4 Å². The summed E-state index contributed by atoms with van der Waals surface area (Å²) in [6, 6.07) is 6.44. The third-order valence-corrected chi connectivity index (χ3v) is 9.24. The Bertz CT molecular complexity index is 1610. The van der Waals surface area contributed by atoms with Crippen LogP contribution in [-0.2, 0) is 20.8 Å². The number of tetrazole rings is 1. The molecule has 270 valence electrons. The lowest BCUT2D eigenvalue weighted by atomic mass is 9.89. The van der Waals surface area contributed by atoms with Crippen LogP contribution in [0.5, 0.6) is 11.6 Å². The minimum Gasteiger partial charge on any atom is -0.487 e. The molecule has 50 heavy (non-hydrogen) atoms. The molecule has 2 fully saturated rings. The zero-order chi connectivity index (χ0) is 34.9. The molecule has 1 aromatic carbocycles. The number of halogens is 1. The lowest BCUT2D eigenvalue weighted by molar-refractivity contribution is -0.0852. The smallest absolute Gasteiger partial charge is 0.257 e. The van der Waals surface area contributed by atoms with Crippen molar-refractivity contribution in [3.63, 3.8) is 0 Å². The largest absolute Gasteiger partial charge is 0.487 e. The zero-order valence-electron chi connectivity index (χ0n) is 29.2. The van der Waals surface area contributed by atoms with Gasteiger partial charge in [-0.2, -0.15) is 0 Å². The van der Waals surface area contributed by atoms with Crippen molar-refractivity contribution in [2.45, 2.75) is 83.4 Å². The number of morpholine rings is 1. The average Bonchev–Trinajstić information content (AvgIpc) is 3.77. The third kappa shape index (κ3) is 9.66. The summed E-state index contributed by atoms with van der Waals surface area (Å²) in [5, 5.41) is 19.9. The Balaban J connectivity index is 1.11. The first-order valence-corrected chi connectivity index (χ1v) is 17.7. The summed E-state index contributed by atoms with van der Waals surface area (Å²) in [4.78, 5) is 11.8. The second-order valence-electron chi connectivity index (χ2n) is 13.0. The molecule has 16 heteroatoms. The van der Waals surface area contributed by atoms with Crippen molar-refractivity contribution in [3.05, 3.63) is 48.1 Å². The molecule has 4 aromatic rings. The average molecular weight is 711 g/mol. The fourth-order valence-electron chi connectivity index (χ4n) is 6.62. The Morgan fingerprint density at radius 3 is 2.44 bits per heavy atom. The summed E-state index contributed by atoms with van der Waals surface area (Å²) in [5.74, 6) is 1.46. The number of methoxy groups -OCH3 is 1. The van der Waals surface area contributed by atoms with Crippen LogP contribution in [-0.4, -0.2) is 116 Å². The first-order chi connectivity index (χ1) is 24.3. The van der Waals surface area contributed by atoms with Gasteiger partial charge < -0.3 is 29.0 Å². The highest BCUT2D eigenvalue weighted by atomic mass is 35.5. The minimum atomic E-state index is -0.212. The summed E-state index contributed by atoms with van der Waals surface area (Å²) in [7, 11) is 1.65. The van der Waals surface area contributed by atoms with Gasteiger partial charge in [-0.25, -0.2) is 14.6 Å². The van der Waals surface area contributed by atoms with Gasteiger partial charge in [0.25, 0.3) is 5.88 Å². The minimum absolute atomic E-state index is 0.212. The number of hydrogen-bond donors (Lipinski definition) is 1. The predicted octanol–water partition coefficient (Wildman–Crippen LogP) is 4.83. The summed E-state index contributed by atoms with van der Waals surface area (Å²) in [6.07, 6.45) is 11.7. The van der Waals surface area contributed by atoms with Crippen molar-refractivity contribution in [3.8, 4) is 22.8 Å². The van der Waals surface area contributed by atoms with E-state index in [1.807, 2.05) is 29.9 Å². The first-order valence-electron chi connectivity index (χ1n) is 17.3. The number of ether oxygens (including phenoxy) is 5. The maximum Gasteiger partial charge on any atom is 0.257 e. The van der Waals surface area contributed by atoms with Crippen LogP contribution in [0.25, 0.3) is 11.1 Å². The fourth-order valence-corrected chi connectivity index (χ4v) is 6.78. The number of benzene rings is 1. The van der Waals surface area contributed by atoms with Crippen LogP contribution in [0.1, 0.15) is 52.5 Å². The van der Waals surface area contributed by atoms with E-state index < -0.39 is 0 Å². The summed E-state index contributed by atoms with van der Waals surface area (Å²) in [6.45, 7) is 10.5. The van der Waals surface area contributed by atoms with Crippen LogP contribution in [0.4, 0.5) is 11.6 Å². The molecule has 1 aliphatic heterocycles. The first kappa shape index (κ1) is 35.9. The predicted molar refractivity (Wildman–Crippen MR) is 187 cm³/mol. The molecule has 1 N–H and O–H groups in total. The van der Waals surface area contributed by atoms with Gasteiger partial charge in [-0.05, 0) is 74.6 Å². The van der Waals surface area contributed by atoms with Crippen molar-refractivity contribution in [1.29, 1.82) is 0 Å². The molecule has 1 saturated heterocycles.